The zero-order chi connectivity index (χ0) is 13.3. The molecule has 4 nitrogen and oxygen atoms in total. The second kappa shape index (κ2) is 4.66. The maximum absolute atomic E-state index is 12.9. The first-order valence-electron chi connectivity index (χ1n) is 5.32. The molecule has 0 aromatic heterocycles. The average molecular weight is 263 g/mol. The molecule has 100 valence electrons. The molecule has 0 saturated heterocycles. The maximum Gasteiger partial charge on any atom is 0.416 e. The molecule has 0 aliphatic carbocycles. The first-order valence-corrected chi connectivity index (χ1v) is 5.32. The van der Waals surface area contributed by atoms with Crippen LogP contribution in [0.15, 0.2) is 12.1 Å². The van der Waals surface area contributed by atoms with Crippen molar-refractivity contribution in [3.05, 3.63) is 23.3 Å². The number of nitrogens with two attached hydrogens (primary N) is 1. The molecule has 1 unspecified atom stereocenters. The number of hydrogen-bond acceptors (Lipinski definition) is 4. The molecule has 0 saturated carbocycles. The van der Waals surface area contributed by atoms with E-state index in [1.807, 2.05) is 0 Å². The summed E-state index contributed by atoms with van der Waals surface area (Å²) in [5, 5.41) is 9.72. The number of rotatable bonds is 3. The van der Waals surface area contributed by atoms with Crippen molar-refractivity contribution in [2.24, 2.45) is 5.73 Å². The minimum absolute atomic E-state index is 0.0334. The third kappa shape index (κ3) is 2.37. The van der Waals surface area contributed by atoms with Gasteiger partial charge in [0.2, 0.25) is 6.79 Å². The number of aliphatic hydroxyl groups is 1. The van der Waals surface area contributed by atoms with Crippen molar-refractivity contribution in [2.45, 2.75) is 18.7 Å². The van der Waals surface area contributed by atoms with E-state index in [2.05, 4.69) is 0 Å². The quantitative estimate of drug-likeness (QED) is 0.873. The molecule has 1 aromatic carbocycles. The molecule has 1 aromatic rings. The molecule has 0 spiro atoms. The normalized spacial score (nSPS) is 15.8. The number of fused-ring (bicyclic) bond motifs is 1. The molecule has 0 radical (unpaired) electrons. The average Bonchev–Trinajstić information content (AvgIpc) is 2.73. The van der Waals surface area contributed by atoms with Gasteiger partial charge in [0.15, 0.2) is 11.5 Å². The van der Waals surface area contributed by atoms with Gasteiger partial charge in [-0.25, -0.2) is 0 Å². The van der Waals surface area contributed by atoms with Crippen molar-refractivity contribution >= 4 is 0 Å². The van der Waals surface area contributed by atoms with Gasteiger partial charge < -0.3 is 20.3 Å². The van der Waals surface area contributed by atoms with Crippen molar-refractivity contribution in [1.82, 2.24) is 0 Å². The lowest BCUT2D eigenvalue weighted by molar-refractivity contribution is -0.139. The van der Waals surface area contributed by atoms with Crippen LogP contribution >= 0.6 is 0 Å². The molecule has 1 aliphatic rings. The van der Waals surface area contributed by atoms with Crippen LogP contribution in [0.4, 0.5) is 13.2 Å². The van der Waals surface area contributed by atoms with Gasteiger partial charge in [0, 0.05) is 0 Å². The highest BCUT2D eigenvalue weighted by atomic mass is 19.4. The summed E-state index contributed by atoms with van der Waals surface area (Å²) in [6.07, 6.45) is -5.80. The van der Waals surface area contributed by atoms with E-state index in [0.29, 0.717) is 0 Å². The summed E-state index contributed by atoms with van der Waals surface area (Å²) in [6, 6.07) is 2.00. The molecule has 0 bridgehead atoms. The standard InChI is InChI=1S/C11H12F3NO3/c12-11(13,14)7-4-10-9(17-5-18-10)3-6(7)8(16)1-2-15/h3-4,8,16H,1-2,5,15H2. The van der Waals surface area contributed by atoms with Crippen LogP contribution in [0.25, 0.3) is 0 Å². The Balaban J connectivity index is 2.48. The van der Waals surface area contributed by atoms with E-state index in [9.17, 15) is 18.3 Å². The van der Waals surface area contributed by atoms with E-state index < -0.39 is 17.8 Å². The second-order valence-corrected chi connectivity index (χ2v) is 3.88. The van der Waals surface area contributed by atoms with E-state index >= 15 is 0 Å². The van der Waals surface area contributed by atoms with Crippen LogP contribution in [0.3, 0.4) is 0 Å². The van der Waals surface area contributed by atoms with Gasteiger partial charge in [-0.1, -0.05) is 0 Å². The Labute approximate surface area is 101 Å². The van der Waals surface area contributed by atoms with Gasteiger partial charge in [0.05, 0.1) is 11.7 Å². The van der Waals surface area contributed by atoms with Gasteiger partial charge in [-0.15, -0.1) is 0 Å². The molecular weight excluding hydrogens is 251 g/mol. The summed E-state index contributed by atoms with van der Waals surface area (Å²) < 4.78 is 48.5. The molecule has 3 N–H and O–H groups in total. The molecule has 1 atom stereocenters. The fourth-order valence-corrected chi connectivity index (χ4v) is 1.79. The van der Waals surface area contributed by atoms with Crippen molar-refractivity contribution in [1.29, 1.82) is 0 Å². The van der Waals surface area contributed by atoms with Crippen LogP contribution < -0.4 is 15.2 Å². The topological polar surface area (TPSA) is 64.7 Å². The van der Waals surface area contributed by atoms with Gasteiger partial charge in [-0.05, 0) is 30.7 Å². The molecule has 18 heavy (non-hydrogen) atoms. The van der Waals surface area contributed by atoms with Crippen LogP contribution in [0.5, 0.6) is 11.5 Å². The number of aliphatic hydroxyl groups excluding tert-OH is 1. The fourth-order valence-electron chi connectivity index (χ4n) is 1.79. The lowest BCUT2D eigenvalue weighted by atomic mass is 9.99. The Morgan fingerprint density at radius 2 is 1.89 bits per heavy atom. The molecule has 0 amide bonds. The third-order valence-electron chi connectivity index (χ3n) is 2.65. The van der Waals surface area contributed by atoms with E-state index in [1.54, 1.807) is 0 Å². The van der Waals surface area contributed by atoms with E-state index in [1.165, 1.54) is 0 Å². The molecule has 7 heteroatoms. The number of hydrogen-bond donors (Lipinski definition) is 2. The van der Waals surface area contributed by atoms with Crippen molar-refractivity contribution in [3.63, 3.8) is 0 Å². The molecular formula is C11H12F3NO3. The highest BCUT2D eigenvalue weighted by Crippen LogP contribution is 2.43. The lowest BCUT2D eigenvalue weighted by Gasteiger charge is -2.17. The van der Waals surface area contributed by atoms with E-state index in [4.69, 9.17) is 15.2 Å². The van der Waals surface area contributed by atoms with Gasteiger partial charge in [-0.3, -0.25) is 0 Å². The summed E-state index contributed by atoms with van der Waals surface area (Å²) in [7, 11) is 0. The van der Waals surface area contributed by atoms with Gasteiger partial charge in [0.25, 0.3) is 0 Å². The van der Waals surface area contributed by atoms with E-state index in [0.717, 1.165) is 12.1 Å². The largest absolute Gasteiger partial charge is 0.454 e. The Morgan fingerprint density at radius 1 is 1.28 bits per heavy atom. The van der Waals surface area contributed by atoms with Gasteiger partial charge in [0.1, 0.15) is 0 Å². The minimum Gasteiger partial charge on any atom is -0.454 e. The summed E-state index contributed by atoms with van der Waals surface area (Å²) in [5.74, 6) is 0.236. The van der Waals surface area contributed by atoms with Crippen LogP contribution in [-0.4, -0.2) is 18.4 Å². The van der Waals surface area contributed by atoms with Crippen LogP contribution in [0.2, 0.25) is 0 Å². The van der Waals surface area contributed by atoms with Crippen LogP contribution in [0, 0.1) is 0 Å². The number of alkyl halides is 3. The van der Waals surface area contributed by atoms with Crippen LogP contribution in [0.1, 0.15) is 23.7 Å². The molecule has 0 fully saturated rings. The second-order valence-electron chi connectivity index (χ2n) is 3.88. The summed E-state index contributed by atoms with van der Waals surface area (Å²) >= 11 is 0. The zero-order valence-corrected chi connectivity index (χ0v) is 9.33. The molecule has 1 heterocycles. The third-order valence-corrected chi connectivity index (χ3v) is 2.65. The predicted molar refractivity (Wildman–Crippen MR) is 56.2 cm³/mol. The maximum atomic E-state index is 12.9. The first-order chi connectivity index (χ1) is 8.43. The predicted octanol–water partition coefficient (Wildman–Crippen LogP) is 1.82. The Hall–Kier alpha value is -1.47. The minimum atomic E-state index is -4.56. The Bertz CT molecular complexity index is 448. The highest BCUT2D eigenvalue weighted by molar-refractivity contribution is 5.50. The zero-order valence-electron chi connectivity index (χ0n) is 9.33. The summed E-state index contributed by atoms with van der Waals surface area (Å²) in [4.78, 5) is 0. The van der Waals surface area contributed by atoms with E-state index in [-0.39, 0.29) is 36.8 Å². The van der Waals surface area contributed by atoms with Gasteiger partial charge >= 0.3 is 6.18 Å². The number of halogens is 3. The monoisotopic (exact) mass is 263 g/mol. The van der Waals surface area contributed by atoms with Crippen LogP contribution in [-0.2, 0) is 6.18 Å². The number of ether oxygens (including phenoxy) is 2. The summed E-state index contributed by atoms with van der Waals surface area (Å²) in [6.45, 7) is -0.0318. The molecule has 1 aliphatic heterocycles. The van der Waals surface area contributed by atoms with Crippen molar-refractivity contribution in [3.8, 4) is 11.5 Å². The fraction of sp³-hybridized carbons (Fsp3) is 0.455. The smallest absolute Gasteiger partial charge is 0.416 e. The highest BCUT2D eigenvalue weighted by Gasteiger charge is 2.37. The number of benzene rings is 1. The van der Waals surface area contributed by atoms with Crippen molar-refractivity contribution in [2.75, 3.05) is 13.3 Å². The first kappa shape index (κ1) is 13.0. The SMILES string of the molecule is NCCC(O)c1cc2c(cc1C(F)(F)F)OCO2. The van der Waals surface area contributed by atoms with Crippen molar-refractivity contribution < 1.29 is 27.8 Å². The Kier molecular flexibility index (Phi) is 3.36. The molecule has 2 rings (SSSR count). The lowest BCUT2D eigenvalue weighted by Crippen LogP contribution is -2.14. The van der Waals surface area contributed by atoms with Gasteiger partial charge in [-0.2, -0.15) is 13.2 Å². The Morgan fingerprint density at radius 3 is 2.44 bits per heavy atom. The summed E-state index contributed by atoms with van der Waals surface area (Å²) in [5.41, 5.74) is 4.08.